The Labute approximate surface area is 192 Å². The molecule has 6 heteroatoms. The Bertz CT molecular complexity index is 857. The highest BCUT2D eigenvalue weighted by molar-refractivity contribution is 5.85. The molecule has 2 heterocycles. The van der Waals surface area contributed by atoms with Crippen molar-refractivity contribution in [2.75, 3.05) is 26.2 Å². The molecule has 3 rings (SSSR count). The number of nitrogens with one attached hydrogen (secondary N) is 1. The second-order valence-electron chi connectivity index (χ2n) is 8.96. The van der Waals surface area contributed by atoms with Crippen molar-refractivity contribution >= 4 is 11.8 Å². The Morgan fingerprint density at radius 2 is 2.00 bits per heavy atom. The van der Waals surface area contributed by atoms with Gasteiger partial charge in [-0.15, -0.1) is 0 Å². The van der Waals surface area contributed by atoms with Crippen LogP contribution in [0.1, 0.15) is 50.8 Å². The van der Waals surface area contributed by atoms with E-state index in [1.165, 1.54) is 5.56 Å². The van der Waals surface area contributed by atoms with E-state index in [0.717, 1.165) is 25.2 Å². The highest BCUT2D eigenvalue weighted by Gasteiger charge is 2.40. The minimum Gasteiger partial charge on any atom is -0.354 e. The Balaban J connectivity index is 1.66. The van der Waals surface area contributed by atoms with E-state index in [4.69, 9.17) is 0 Å². The van der Waals surface area contributed by atoms with Crippen LogP contribution in [-0.2, 0) is 16.1 Å². The lowest BCUT2D eigenvalue weighted by Crippen LogP contribution is -2.49. The molecule has 2 amide bonds. The number of pyridine rings is 1. The van der Waals surface area contributed by atoms with Gasteiger partial charge in [-0.05, 0) is 36.1 Å². The van der Waals surface area contributed by atoms with Gasteiger partial charge in [0.1, 0.15) is 0 Å². The standard InChI is InChI=1S/C26H36N4O2/c1-4-29(19-21-9-6-5-7-10-21)16-15-28-26(32)23-12-13-24(31)30(18-20(2)3)25(23)22-11-8-14-27-17-22/h5-11,14,17,20,23,25H,4,12-13,15-16,18-19H2,1-3H3,(H,28,32)/t23-,25+/m1/s1. The Kier molecular flexibility index (Phi) is 8.80. The molecule has 0 radical (unpaired) electrons. The topological polar surface area (TPSA) is 65.5 Å². The number of carbonyl (C=O) groups is 2. The summed E-state index contributed by atoms with van der Waals surface area (Å²) < 4.78 is 0. The van der Waals surface area contributed by atoms with Crippen LogP contribution in [0.4, 0.5) is 0 Å². The van der Waals surface area contributed by atoms with Gasteiger partial charge in [-0.2, -0.15) is 0 Å². The lowest BCUT2D eigenvalue weighted by molar-refractivity contribution is -0.144. The molecule has 0 bridgehead atoms. The van der Waals surface area contributed by atoms with Gasteiger partial charge in [0.25, 0.3) is 0 Å². The van der Waals surface area contributed by atoms with Crippen LogP contribution in [0.15, 0.2) is 54.9 Å². The molecule has 172 valence electrons. The van der Waals surface area contributed by atoms with Gasteiger partial charge in [0.15, 0.2) is 0 Å². The molecule has 1 fully saturated rings. The van der Waals surface area contributed by atoms with Crippen LogP contribution in [0.2, 0.25) is 0 Å². The lowest BCUT2D eigenvalue weighted by atomic mass is 9.83. The number of likely N-dealkylation sites (N-methyl/N-ethyl adjacent to an activating group) is 1. The summed E-state index contributed by atoms with van der Waals surface area (Å²) in [4.78, 5) is 34.5. The summed E-state index contributed by atoms with van der Waals surface area (Å²) in [7, 11) is 0. The summed E-state index contributed by atoms with van der Waals surface area (Å²) in [5.41, 5.74) is 2.20. The van der Waals surface area contributed by atoms with Gasteiger partial charge in [-0.1, -0.05) is 57.2 Å². The summed E-state index contributed by atoms with van der Waals surface area (Å²) in [5.74, 6) is 0.211. The van der Waals surface area contributed by atoms with Gasteiger partial charge in [0, 0.05) is 45.0 Å². The minimum atomic E-state index is -0.265. The molecule has 1 aliphatic heterocycles. The van der Waals surface area contributed by atoms with E-state index < -0.39 is 0 Å². The summed E-state index contributed by atoms with van der Waals surface area (Å²) >= 11 is 0. The largest absolute Gasteiger partial charge is 0.354 e. The fourth-order valence-corrected chi connectivity index (χ4v) is 4.46. The third-order valence-electron chi connectivity index (χ3n) is 6.05. The van der Waals surface area contributed by atoms with Crippen LogP contribution in [0.3, 0.4) is 0 Å². The Morgan fingerprint density at radius 1 is 1.22 bits per heavy atom. The maximum Gasteiger partial charge on any atom is 0.225 e. The monoisotopic (exact) mass is 436 g/mol. The van der Waals surface area contributed by atoms with Gasteiger partial charge >= 0.3 is 0 Å². The van der Waals surface area contributed by atoms with E-state index in [0.29, 0.717) is 31.8 Å². The van der Waals surface area contributed by atoms with Crippen molar-refractivity contribution < 1.29 is 9.59 Å². The third-order valence-corrected chi connectivity index (χ3v) is 6.05. The number of hydrogen-bond donors (Lipinski definition) is 1. The Hall–Kier alpha value is -2.73. The number of rotatable bonds is 10. The normalized spacial score (nSPS) is 18.9. The molecule has 1 aromatic carbocycles. The average Bonchev–Trinajstić information content (AvgIpc) is 2.80. The highest BCUT2D eigenvalue weighted by atomic mass is 16.2. The Morgan fingerprint density at radius 3 is 2.66 bits per heavy atom. The van der Waals surface area contributed by atoms with Crippen molar-refractivity contribution in [2.45, 2.75) is 46.2 Å². The van der Waals surface area contributed by atoms with E-state index in [1.54, 1.807) is 12.4 Å². The minimum absolute atomic E-state index is 0.0240. The number of piperidine rings is 1. The summed E-state index contributed by atoms with van der Waals surface area (Å²) in [6, 6.07) is 14.0. The van der Waals surface area contributed by atoms with Gasteiger partial charge < -0.3 is 10.2 Å². The van der Waals surface area contributed by atoms with E-state index in [9.17, 15) is 9.59 Å². The molecule has 1 saturated heterocycles. The lowest BCUT2D eigenvalue weighted by Gasteiger charge is -2.41. The molecule has 0 aliphatic carbocycles. The zero-order valence-corrected chi connectivity index (χ0v) is 19.5. The first kappa shape index (κ1) is 23.9. The number of aromatic nitrogens is 1. The summed E-state index contributed by atoms with van der Waals surface area (Å²) in [6.45, 7) is 10.1. The van der Waals surface area contributed by atoms with Crippen LogP contribution < -0.4 is 5.32 Å². The van der Waals surface area contributed by atoms with Crippen LogP contribution in [0, 0.1) is 11.8 Å². The van der Waals surface area contributed by atoms with Crippen LogP contribution in [0.5, 0.6) is 0 Å². The summed E-state index contributed by atoms with van der Waals surface area (Å²) in [5, 5.41) is 3.15. The number of carbonyl (C=O) groups excluding carboxylic acids is 2. The van der Waals surface area contributed by atoms with Crippen LogP contribution in [-0.4, -0.2) is 52.8 Å². The maximum absolute atomic E-state index is 13.3. The van der Waals surface area contributed by atoms with Gasteiger partial charge in [0.05, 0.1) is 12.0 Å². The molecule has 1 aromatic heterocycles. The van der Waals surface area contributed by atoms with Crippen molar-refractivity contribution in [1.29, 1.82) is 0 Å². The number of nitrogens with zero attached hydrogens (tertiary/aromatic N) is 3. The smallest absolute Gasteiger partial charge is 0.225 e. The molecule has 0 spiro atoms. The number of amides is 2. The molecular formula is C26H36N4O2. The fraction of sp³-hybridized carbons (Fsp3) is 0.500. The third kappa shape index (κ3) is 6.39. The predicted molar refractivity (Wildman–Crippen MR) is 127 cm³/mol. The predicted octanol–water partition coefficient (Wildman–Crippen LogP) is 3.66. The zero-order chi connectivity index (χ0) is 22.9. The van der Waals surface area contributed by atoms with E-state index in [1.807, 2.05) is 23.1 Å². The van der Waals surface area contributed by atoms with Gasteiger partial charge in [-0.25, -0.2) is 0 Å². The molecule has 6 nitrogen and oxygen atoms in total. The number of likely N-dealkylation sites (tertiary alicyclic amines) is 1. The first-order chi connectivity index (χ1) is 15.5. The van der Waals surface area contributed by atoms with Crippen LogP contribution in [0.25, 0.3) is 0 Å². The molecule has 0 saturated carbocycles. The molecule has 1 aliphatic rings. The van der Waals surface area contributed by atoms with Crippen molar-refractivity contribution in [3.05, 3.63) is 66.0 Å². The second-order valence-corrected chi connectivity index (χ2v) is 8.96. The van der Waals surface area contributed by atoms with Crippen molar-refractivity contribution in [3.8, 4) is 0 Å². The average molecular weight is 437 g/mol. The first-order valence-corrected chi connectivity index (χ1v) is 11.7. The van der Waals surface area contributed by atoms with Gasteiger partial charge in [0.2, 0.25) is 11.8 Å². The first-order valence-electron chi connectivity index (χ1n) is 11.7. The van der Waals surface area contributed by atoms with Crippen LogP contribution >= 0.6 is 0 Å². The van der Waals surface area contributed by atoms with E-state index in [-0.39, 0.29) is 23.8 Å². The summed E-state index contributed by atoms with van der Waals surface area (Å²) in [6.07, 6.45) is 4.49. The fourth-order valence-electron chi connectivity index (χ4n) is 4.46. The van der Waals surface area contributed by atoms with Gasteiger partial charge in [-0.3, -0.25) is 19.5 Å². The number of benzene rings is 1. The quantitative estimate of drug-likeness (QED) is 0.617. The molecule has 32 heavy (non-hydrogen) atoms. The van der Waals surface area contributed by atoms with E-state index >= 15 is 0 Å². The van der Waals surface area contributed by atoms with E-state index in [2.05, 4.69) is 60.2 Å². The highest BCUT2D eigenvalue weighted by Crippen LogP contribution is 2.37. The number of hydrogen-bond acceptors (Lipinski definition) is 4. The van der Waals surface area contributed by atoms with Crippen molar-refractivity contribution in [2.24, 2.45) is 11.8 Å². The van der Waals surface area contributed by atoms with Crippen molar-refractivity contribution in [3.63, 3.8) is 0 Å². The molecule has 2 atom stereocenters. The zero-order valence-electron chi connectivity index (χ0n) is 19.5. The molecule has 2 aromatic rings. The SMILES string of the molecule is CCN(CCNC(=O)[C@@H]1CCC(=O)N(CC(C)C)[C@H]1c1cccnc1)Cc1ccccc1. The second kappa shape index (κ2) is 11.8. The molecular weight excluding hydrogens is 400 g/mol. The molecule has 0 unspecified atom stereocenters. The van der Waals surface area contributed by atoms with Crippen molar-refractivity contribution in [1.82, 2.24) is 20.1 Å². The maximum atomic E-state index is 13.3. The molecule has 1 N–H and O–H groups in total.